The second kappa shape index (κ2) is 6.24. The van der Waals surface area contributed by atoms with Crippen molar-refractivity contribution in [3.8, 4) is 0 Å². The number of thioether (sulfide) groups is 1. The van der Waals surface area contributed by atoms with Gasteiger partial charge in [-0.25, -0.2) is 4.79 Å². The number of rotatable bonds is 5. The molecule has 11 heavy (non-hydrogen) atoms. The van der Waals surface area contributed by atoms with E-state index < -0.39 is 5.97 Å². The summed E-state index contributed by atoms with van der Waals surface area (Å²) in [5, 5.41) is 8.33. The van der Waals surface area contributed by atoms with Crippen LogP contribution < -0.4 is 5.73 Å². The van der Waals surface area contributed by atoms with Crippen molar-refractivity contribution in [1.82, 2.24) is 0 Å². The first-order valence-corrected chi connectivity index (χ1v) is 4.50. The molecule has 0 atom stereocenters. The Hall–Kier alpha value is -0.480. The first kappa shape index (κ1) is 10.5. The number of carboxylic acid groups (broad SMARTS) is 1. The van der Waals surface area contributed by atoms with E-state index in [0.717, 1.165) is 17.1 Å². The Labute approximate surface area is 70.7 Å². The van der Waals surface area contributed by atoms with E-state index in [9.17, 15) is 4.79 Å². The Bertz CT molecular complexity index is 157. The van der Waals surface area contributed by atoms with Gasteiger partial charge < -0.3 is 10.8 Å². The lowest BCUT2D eigenvalue weighted by Crippen LogP contribution is -2.02. The van der Waals surface area contributed by atoms with Crippen LogP contribution in [-0.4, -0.2) is 29.1 Å². The molecule has 0 aliphatic rings. The van der Waals surface area contributed by atoms with Crippen molar-refractivity contribution >= 4 is 17.7 Å². The number of hydrogen-bond donors (Lipinski definition) is 2. The zero-order valence-electron chi connectivity index (χ0n) is 6.54. The summed E-state index contributed by atoms with van der Waals surface area (Å²) in [6.45, 7) is 2.45. The van der Waals surface area contributed by atoms with E-state index in [0.29, 0.717) is 6.54 Å². The van der Waals surface area contributed by atoms with Gasteiger partial charge in [0.1, 0.15) is 0 Å². The average Bonchev–Trinajstić information content (AvgIpc) is 1.86. The number of hydrogen-bond acceptors (Lipinski definition) is 3. The number of aliphatic carboxylic acids is 1. The van der Waals surface area contributed by atoms with E-state index in [1.54, 1.807) is 18.7 Å². The minimum atomic E-state index is -0.879. The molecule has 0 amide bonds. The van der Waals surface area contributed by atoms with E-state index in [-0.39, 0.29) is 0 Å². The van der Waals surface area contributed by atoms with E-state index in [2.05, 4.69) is 0 Å². The van der Waals surface area contributed by atoms with E-state index >= 15 is 0 Å². The summed E-state index contributed by atoms with van der Waals surface area (Å²) in [6.07, 6.45) is 1.23. The Balaban J connectivity index is 3.51. The van der Waals surface area contributed by atoms with Gasteiger partial charge in [0.05, 0.1) is 0 Å². The summed E-state index contributed by atoms with van der Waals surface area (Å²) in [4.78, 5) is 10.1. The minimum absolute atomic E-state index is 0.644. The van der Waals surface area contributed by atoms with Crippen LogP contribution in [0.3, 0.4) is 0 Å². The molecule has 0 rings (SSSR count). The first-order valence-electron chi connectivity index (χ1n) is 3.34. The van der Waals surface area contributed by atoms with Crippen LogP contribution in [0.2, 0.25) is 0 Å². The van der Waals surface area contributed by atoms with Crippen LogP contribution in [0.25, 0.3) is 0 Å². The van der Waals surface area contributed by atoms with Gasteiger partial charge in [0, 0.05) is 24.1 Å². The average molecular weight is 175 g/mol. The molecule has 3 nitrogen and oxygen atoms in total. The summed E-state index contributed by atoms with van der Waals surface area (Å²) in [7, 11) is 0. The third-order valence-corrected chi connectivity index (χ3v) is 2.15. The van der Waals surface area contributed by atoms with Crippen LogP contribution in [0.15, 0.2) is 11.6 Å². The molecular weight excluding hydrogens is 162 g/mol. The molecular formula is C7H13NO2S. The van der Waals surface area contributed by atoms with Crippen molar-refractivity contribution in [1.29, 1.82) is 0 Å². The van der Waals surface area contributed by atoms with Gasteiger partial charge in [-0.15, -0.1) is 0 Å². The Morgan fingerprint density at radius 3 is 2.82 bits per heavy atom. The zero-order valence-corrected chi connectivity index (χ0v) is 7.36. The number of carboxylic acids is 1. The maximum atomic E-state index is 10.1. The molecule has 0 heterocycles. The molecule has 0 saturated heterocycles. The Morgan fingerprint density at radius 1 is 1.73 bits per heavy atom. The zero-order chi connectivity index (χ0) is 8.69. The number of carbonyl (C=O) groups is 1. The highest BCUT2D eigenvalue weighted by molar-refractivity contribution is 7.99. The van der Waals surface area contributed by atoms with E-state index in [1.165, 1.54) is 6.08 Å². The van der Waals surface area contributed by atoms with Crippen molar-refractivity contribution < 1.29 is 9.90 Å². The maximum absolute atomic E-state index is 10.1. The highest BCUT2D eigenvalue weighted by Gasteiger charge is 1.93. The monoisotopic (exact) mass is 175 g/mol. The maximum Gasteiger partial charge on any atom is 0.328 e. The van der Waals surface area contributed by atoms with Crippen LogP contribution in [-0.2, 0) is 4.79 Å². The smallest absolute Gasteiger partial charge is 0.328 e. The normalized spacial score (nSPS) is 11.6. The first-order chi connectivity index (χ1) is 5.16. The Kier molecular flexibility index (Phi) is 5.97. The SMILES string of the molecule is CC(=CC(=O)O)CSCCN. The van der Waals surface area contributed by atoms with Gasteiger partial charge in [-0.2, -0.15) is 11.8 Å². The van der Waals surface area contributed by atoms with Gasteiger partial charge in [-0.05, 0) is 6.92 Å². The lowest BCUT2D eigenvalue weighted by molar-refractivity contribution is -0.131. The van der Waals surface area contributed by atoms with Crippen molar-refractivity contribution in [3.05, 3.63) is 11.6 Å². The molecule has 4 heteroatoms. The fourth-order valence-corrected chi connectivity index (χ4v) is 1.29. The Morgan fingerprint density at radius 2 is 2.36 bits per heavy atom. The summed E-state index contributed by atoms with van der Waals surface area (Å²) >= 11 is 1.65. The van der Waals surface area contributed by atoms with Crippen LogP contribution in [0.1, 0.15) is 6.92 Å². The molecule has 0 aromatic carbocycles. The molecule has 0 aliphatic heterocycles. The molecule has 0 bridgehead atoms. The predicted molar refractivity (Wildman–Crippen MR) is 47.8 cm³/mol. The largest absolute Gasteiger partial charge is 0.478 e. The second-order valence-electron chi connectivity index (χ2n) is 2.17. The molecule has 64 valence electrons. The summed E-state index contributed by atoms with van der Waals surface area (Å²) in [5.74, 6) is 0.754. The van der Waals surface area contributed by atoms with Gasteiger partial charge in [0.25, 0.3) is 0 Å². The van der Waals surface area contributed by atoms with Crippen LogP contribution in [0.4, 0.5) is 0 Å². The van der Waals surface area contributed by atoms with Gasteiger partial charge in [-0.1, -0.05) is 5.57 Å². The van der Waals surface area contributed by atoms with Crippen molar-refractivity contribution in [2.24, 2.45) is 5.73 Å². The van der Waals surface area contributed by atoms with Crippen LogP contribution in [0.5, 0.6) is 0 Å². The highest BCUT2D eigenvalue weighted by atomic mass is 32.2. The van der Waals surface area contributed by atoms with Crippen LogP contribution in [0, 0.1) is 0 Å². The fourth-order valence-electron chi connectivity index (χ4n) is 0.569. The fraction of sp³-hybridized carbons (Fsp3) is 0.571. The van der Waals surface area contributed by atoms with Crippen LogP contribution >= 0.6 is 11.8 Å². The molecule has 0 aromatic heterocycles. The molecule has 3 N–H and O–H groups in total. The predicted octanol–water partition coefficient (Wildman–Crippen LogP) is 0.709. The number of nitrogens with two attached hydrogens (primary N) is 1. The lowest BCUT2D eigenvalue weighted by atomic mass is 10.3. The second-order valence-corrected chi connectivity index (χ2v) is 3.28. The molecule has 0 spiro atoms. The standard InChI is InChI=1S/C7H13NO2S/c1-6(4-7(9)10)5-11-3-2-8/h4H,2-3,5,8H2,1H3,(H,9,10). The molecule has 0 unspecified atom stereocenters. The van der Waals surface area contributed by atoms with Crippen molar-refractivity contribution in [3.63, 3.8) is 0 Å². The minimum Gasteiger partial charge on any atom is -0.478 e. The molecule has 0 aromatic rings. The van der Waals surface area contributed by atoms with Gasteiger partial charge in [-0.3, -0.25) is 0 Å². The van der Waals surface area contributed by atoms with Crippen molar-refractivity contribution in [2.75, 3.05) is 18.1 Å². The topological polar surface area (TPSA) is 63.3 Å². The molecule has 0 radical (unpaired) electrons. The van der Waals surface area contributed by atoms with E-state index in [4.69, 9.17) is 10.8 Å². The molecule has 0 fully saturated rings. The summed E-state index contributed by atoms with van der Waals surface area (Å²) in [6, 6.07) is 0. The lowest BCUT2D eigenvalue weighted by Gasteiger charge is -1.97. The highest BCUT2D eigenvalue weighted by Crippen LogP contribution is 2.05. The van der Waals surface area contributed by atoms with Gasteiger partial charge >= 0.3 is 5.97 Å². The third kappa shape index (κ3) is 7.42. The third-order valence-electron chi connectivity index (χ3n) is 0.962. The van der Waals surface area contributed by atoms with Crippen molar-refractivity contribution in [2.45, 2.75) is 6.92 Å². The molecule has 0 aliphatic carbocycles. The summed E-state index contributed by atoms with van der Waals surface area (Å²) in [5.41, 5.74) is 6.13. The van der Waals surface area contributed by atoms with Gasteiger partial charge in [0.15, 0.2) is 0 Å². The molecule has 0 saturated carbocycles. The quantitative estimate of drug-likeness (QED) is 0.477. The van der Waals surface area contributed by atoms with Gasteiger partial charge in [0.2, 0.25) is 0 Å². The van der Waals surface area contributed by atoms with E-state index in [1.807, 2.05) is 0 Å². The summed E-state index contributed by atoms with van der Waals surface area (Å²) < 4.78 is 0.